The van der Waals surface area contributed by atoms with Crippen LogP contribution in [0, 0.1) is 5.92 Å². The molecule has 1 N–H and O–H groups in total. The molecule has 4 heteroatoms. The van der Waals surface area contributed by atoms with Crippen molar-refractivity contribution < 1.29 is 14.0 Å². The molecule has 0 amide bonds. The van der Waals surface area contributed by atoms with E-state index in [1.807, 2.05) is 30.3 Å². The summed E-state index contributed by atoms with van der Waals surface area (Å²) in [6, 6.07) is 9.89. The van der Waals surface area contributed by atoms with Crippen LogP contribution in [0.2, 0.25) is 0 Å². The lowest BCUT2D eigenvalue weighted by Crippen LogP contribution is -2.38. The lowest BCUT2D eigenvalue weighted by atomic mass is 9.73. The Morgan fingerprint density at radius 1 is 1.12 bits per heavy atom. The molecule has 1 aromatic heterocycles. The summed E-state index contributed by atoms with van der Waals surface area (Å²) in [6.45, 7) is 0.753. The quantitative estimate of drug-likeness (QED) is 0.851. The Morgan fingerprint density at radius 2 is 1.79 bits per heavy atom. The topological polar surface area (TPSA) is 46.3 Å². The lowest BCUT2D eigenvalue weighted by Gasteiger charge is -2.36. The molecule has 1 atom stereocenters. The van der Waals surface area contributed by atoms with Gasteiger partial charge in [0.2, 0.25) is 5.89 Å². The first-order valence-electron chi connectivity index (χ1n) is 8.93. The number of hydrogen-bond donors (Lipinski definition) is 1. The van der Waals surface area contributed by atoms with Crippen LogP contribution in [-0.2, 0) is 12.1 Å². The van der Waals surface area contributed by atoms with Crippen LogP contribution in [0.4, 0.5) is 0 Å². The van der Waals surface area contributed by atoms with Gasteiger partial charge in [-0.25, -0.2) is 4.98 Å². The molecule has 1 saturated carbocycles. The molecular formula is C20H29N2O2+. The first kappa shape index (κ1) is 17.2. The van der Waals surface area contributed by atoms with Gasteiger partial charge in [-0.3, -0.25) is 0 Å². The fourth-order valence-electron chi connectivity index (χ4n) is 3.77. The summed E-state index contributed by atoms with van der Waals surface area (Å²) in [6.07, 6.45) is 7.37. The zero-order valence-corrected chi connectivity index (χ0v) is 15.0. The summed E-state index contributed by atoms with van der Waals surface area (Å²) in [4.78, 5) is 4.50. The Kier molecular flexibility index (Phi) is 4.79. The Bertz CT molecular complexity index is 654. The van der Waals surface area contributed by atoms with E-state index in [2.05, 4.69) is 26.1 Å². The average Bonchev–Trinajstić information content (AvgIpc) is 3.02. The van der Waals surface area contributed by atoms with Crippen LogP contribution in [0.5, 0.6) is 0 Å². The molecule has 1 fully saturated rings. The van der Waals surface area contributed by atoms with Crippen LogP contribution in [0.25, 0.3) is 0 Å². The molecule has 2 aromatic rings. The van der Waals surface area contributed by atoms with Crippen molar-refractivity contribution >= 4 is 0 Å². The van der Waals surface area contributed by atoms with Crippen molar-refractivity contribution in [2.75, 3.05) is 21.1 Å². The Hall–Kier alpha value is -1.65. The third kappa shape index (κ3) is 3.55. The van der Waals surface area contributed by atoms with Crippen molar-refractivity contribution in [3.05, 3.63) is 53.7 Å². The maximum atomic E-state index is 11.7. The van der Waals surface area contributed by atoms with Gasteiger partial charge in [-0.2, -0.15) is 0 Å². The fraction of sp³-hybridized carbons (Fsp3) is 0.550. The monoisotopic (exact) mass is 329 g/mol. The summed E-state index contributed by atoms with van der Waals surface area (Å²) >= 11 is 0. The number of benzene rings is 1. The number of aromatic nitrogens is 1. The van der Waals surface area contributed by atoms with Gasteiger partial charge >= 0.3 is 0 Å². The van der Waals surface area contributed by atoms with Crippen molar-refractivity contribution in [1.82, 2.24) is 4.98 Å². The van der Waals surface area contributed by atoms with Gasteiger partial charge in [-0.15, -0.1) is 0 Å². The normalized spacial score (nSPS) is 19.2. The molecule has 3 rings (SSSR count). The van der Waals surface area contributed by atoms with Crippen molar-refractivity contribution in [3.63, 3.8) is 0 Å². The van der Waals surface area contributed by atoms with Gasteiger partial charge in [0.05, 0.1) is 27.3 Å². The second-order valence-electron chi connectivity index (χ2n) is 8.05. The van der Waals surface area contributed by atoms with Crippen LogP contribution >= 0.6 is 0 Å². The molecular weight excluding hydrogens is 300 g/mol. The van der Waals surface area contributed by atoms with Crippen LogP contribution < -0.4 is 0 Å². The molecule has 0 bridgehead atoms. The predicted octanol–water partition coefficient (Wildman–Crippen LogP) is 3.70. The van der Waals surface area contributed by atoms with E-state index in [9.17, 15) is 5.11 Å². The van der Waals surface area contributed by atoms with Gasteiger partial charge in [0.25, 0.3) is 0 Å². The molecule has 1 aliphatic rings. The van der Waals surface area contributed by atoms with Gasteiger partial charge < -0.3 is 14.0 Å². The molecule has 0 saturated heterocycles. The highest BCUT2D eigenvalue weighted by molar-refractivity contribution is 5.30. The number of oxazole rings is 1. The summed E-state index contributed by atoms with van der Waals surface area (Å²) < 4.78 is 6.82. The molecule has 4 nitrogen and oxygen atoms in total. The molecule has 0 unspecified atom stereocenters. The third-order valence-electron chi connectivity index (χ3n) is 4.92. The SMILES string of the molecule is C[N+](C)(C)Cc1cnc([C@@](O)(c2ccccc2)C2CCCCC2)o1. The minimum Gasteiger partial charge on any atom is -0.436 e. The maximum Gasteiger partial charge on any atom is 0.231 e. The number of nitrogens with zero attached hydrogens (tertiary/aromatic N) is 2. The maximum absolute atomic E-state index is 11.7. The van der Waals surface area contributed by atoms with E-state index in [-0.39, 0.29) is 5.92 Å². The van der Waals surface area contributed by atoms with E-state index in [1.165, 1.54) is 6.42 Å². The van der Waals surface area contributed by atoms with Crippen LogP contribution in [0.1, 0.15) is 49.3 Å². The standard InChI is InChI=1S/C20H29N2O2/c1-22(2,3)15-18-14-21-19(24-18)20(23,16-10-6-4-7-11-16)17-12-8-5-9-13-17/h4,6-7,10-11,14,17,23H,5,8-9,12-13,15H2,1-3H3/q+1/t20-/m1/s1. The molecule has 24 heavy (non-hydrogen) atoms. The first-order chi connectivity index (χ1) is 11.4. The summed E-state index contributed by atoms with van der Waals surface area (Å²) in [5.74, 6) is 1.43. The highest BCUT2D eigenvalue weighted by Crippen LogP contribution is 2.43. The molecule has 0 aliphatic heterocycles. The van der Waals surface area contributed by atoms with E-state index in [0.717, 1.165) is 48.0 Å². The van der Waals surface area contributed by atoms with Gasteiger partial charge in [0.1, 0.15) is 6.54 Å². The molecule has 1 heterocycles. The minimum absolute atomic E-state index is 0.157. The number of rotatable bonds is 5. The van der Waals surface area contributed by atoms with E-state index < -0.39 is 5.60 Å². The van der Waals surface area contributed by atoms with E-state index in [0.29, 0.717) is 5.89 Å². The molecule has 0 radical (unpaired) electrons. The Balaban J connectivity index is 1.99. The van der Waals surface area contributed by atoms with E-state index >= 15 is 0 Å². The molecule has 0 spiro atoms. The highest BCUT2D eigenvalue weighted by Gasteiger charge is 2.44. The average molecular weight is 329 g/mol. The summed E-state index contributed by atoms with van der Waals surface area (Å²) in [7, 11) is 6.35. The van der Waals surface area contributed by atoms with Crippen LogP contribution in [0.15, 0.2) is 40.9 Å². The van der Waals surface area contributed by atoms with Crippen molar-refractivity contribution in [1.29, 1.82) is 0 Å². The molecule has 130 valence electrons. The number of quaternary nitrogens is 1. The van der Waals surface area contributed by atoms with Gasteiger partial charge in [0.15, 0.2) is 11.4 Å². The van der Waals surface area contributed by atoms with E-state index in [4.69, 9.17) is 4.42 Å². The minimum atomic E-state index is -1.13. The molecule has 1 aromatic carbocycles. The second kappa shape index (κ2) is 6.69. The largest absolute Gasteiger partial charge is 0.436 e. The number of aliphatic hydroxyl groups is 1. The highest BCUT2D eigenvalue weighted by atomic mass is 16.4. The molecule has 1 aliphatic carbocycles. The fourth-order valence-corrected chi connectivity index (χ4v) is 3.77. The third-order valence-corrected chi connectivity index (χ3v) is 4.92. The lowest BCUT2D eigenvalue weighted by molar-refractivity contribution is -0.884. The van der Waals surface area contributed by atoms with Crippen molar-refractivity contribution in [2.45, 2.75) is 44.2 Å². The van der Waals surface area contributed by atoms with Crippen molar-refractivity contribution in [3.8, 4) is 0 Å². The van der Waals surface area contributed by atoms with Gasteiger partial charge in [-0.1, -0.05) is 49.6 Å². The summed E-state index contributed by atoms with van der Waals surface area (Å²) in [5.41, 5.74) is -0.249. The Morgan fingerprint density at radius 3 is 2.42 bits per heavy atom. The van der Waals surface area contributed by atoms with Crippen LogP contribution in [-0.4, -0.2) is 35.7 Å². The zero-order chi connectivity index (χ0) is 17.2. The smallest absolute Gasteiger partial charge is 0.231 e. The number of hydrogen-bond acceptors (Lipinski definition) is 3. The Labute approximate surface area is 144 Å². The predicted molar refractivity (Wildman–Crippen MR) is 94.3 cm³/mol. The van der Waals surface area contributed by atoms with Crippen molar-refractivity contribution in [2.24, 2.45) is 5.92 Å². The summed E-state index contributed by atoms with van der Waals surface area (Å²) in [5, 5.41) is 11.7. The van der Waals surface area contributed by atoms with Crippen LogP contribution in [0.3, 0.4) is 0 Å². The van der Waals surface area contributed by atoms with E-state index in [1.54, 1.807) is 6.20 Å². The zero-order valence-electron chi connectivity index (χ0n) is 15.0. The first-order valence-corrected chi connectivity index (χ1v) is 8.93. The van der Waals surface area contributed by atoms with Gasteiger partial charge in [-0.05, 0) is 18.4 Å². The van der Waals surface area contributed by atoms with Gasteiger partial charge in [0, 0.05) is 5.92 Å². The second-order valence-corrected chi connectivity index (χ2v) is 8.05.